The van der Waals surface area contributed by atoms with Crippen molar-refractivity contribution in [3.63, 3.8) is 0 Å². The van der Waals surface area contributed by atoms with Gasteiger partial charge in [0.25, 0.3) is 0 Å². The van der Waals surface area contributed by atoms with Crippen molar-refractivity contribution in [2.75, 3.05) is 44.2 Å². The molecule has 0 spiro atoms. The summed E-state index contributed by atoms with van der Waals surface area (Å²) in [6, 6.07) is 0. The summed E-state index contributed by atoms with van der Waals surface area (Å²) in [5, 5.41) is 10.4. The molecule has 0 saturated carbocycles. The number of ether oxygens (including phenoxy) is 1. The van der Waals surface area contributed by atoms with Crippen LogP contribution in [0.4, 0.5) is 5.82 Å². The molecule has 0 radical (unpaired) electrons. The van der Waals surface area contributed by atoms with Gasteiger partial charge in [-0.25, -0.2) is 15.0 Å². The maximum Gasteiger partial charge on any atom is 0.150 e. The average Bonchev–Trinajstić information content (AvgIpc) is 3.12. The summed E-state index contributed by atoms with van der Waals surface area (Å²) in [7, 11) is 0. The fraction of sp³-hybridized carbons (Fsp3) is 0.609. The Hall–Kier alpha value is -1.87. The summed E-state index contributed by atoms with van der Waals surface area (Å²) in [6.45, 7) is 14.0. The van der Waals surface area contributed by atoms with E-state index in [1.165, 1.54) is 16.5 Å². The molecule has 0 unspecified atom stereocenters. The molecule has 5 heterocycles. The molecule has 0 aromatic carbocycles. The maximum atomic E-state index is 9.23. The van der Waals surface area contributed by atoms with E-state index in [-0.39, 0.29) is 12.2 Å². The van der Waals surface area contributed by atoms with E-state index in [9.17, 15) is 5.11 Å². The van der Waals surface area contributed by atoms with E-state index in [4.69, 9.17) is 19.7 Å². The number of aromatic nitrogens is 3. The van der Waals surface area contributed by atoms with Crippen molar-refractivity contribution in [2.24, 2.45) is 0 Å². The average molecular weight is 442 g/mol. The Bertz CT molecular complexity index is 1120. The molecule has 2 aliphatic heterocycles. The van der Waals surface area contributed by atoms with Crippen molar-refractivity contribution in [2.45, 2.75) is 52.2 Å². The first-order chi connectivity index (χ1) is 14.9. The Morgan fingerprint density at radius 3 is 2.65 bits per heavy atom. The van der Waals surface area contributed by atoms with Gasteiger partial charge in [0, 0.05) is 50.1 Å². The van der Waals surface area contributed by atoms with Crippen LogP contribution in [0.25, 0.3) is 20.4 Å². The molecule has 5 rings (SSSR count). The Balaban J connectivity index is 1.65. The van der Waals surface area contributed by atoms with Gasteiger partial charge in [0.2, 0.25) is 0 Å². The summed E-state index contributed by atoms with van der Waals surface area (Å²) in [5.74, 6) is 1.36. The quantitative estimate of drug-likeness (QED) is 0.666. The summed E-state index contributed by atoms with van der Waals surface area (Å²) >= 11 is 1.73. The van der Waals surface area contributed by atoms with Gasteiger partial charge >= 0.3 is 0 Å². The number of piperazine rings is 1. The van der Waals surface area contributed by atoms with Crippen LogP contribution in [-0.2, 0) is 17.8 Å². The first-order valence-electron chi connectivity index (χ1n) is 11.2. The smallest absolute Gasteiger partial charge is 0.150 e. The molecule has 0 amide bonds. The van der Waals surface area contributed by atoms with Crippen LogP contribution in [0.5, 0.6) is 0 Å². The largest absolute Gasteiger partial charge is 0.395 e. The van der Waals surface area contributed by atoms with E-state index in [1.54, 1.807) is 17.7 Å². The van der Waals surface area contributed by atoms with Crippen molar-refractivity contribution in [1.82, 2.24) is 19.9 Å². The number of thiophene rings is 1. The molecule has 0 bridgehead atoms. The van der Waals surface area contributed by atoms with E-state index >= 15 is 0 Å². The second-order valence-electron chi connectivity index (χ2n) is 9.54. The molecule has 8 heteroatoms. The number of β-amino-alcohol motifs (C(OH)–C–C–N with tert-alkyl or cyclic N) is 1. The van der Waals surface area contributed by atoms with Crippen LogP contribution in [0.1, 0.15) is 50.4 Å². The molecule has 3 aromatic heterocycles. The monoisotopic (exact) mass is 441 g/mol. The molecular weight excluding hydrogens is 410 g/mol. The third-order valence-electron chi connectivity index (χ3n) is 6.48. The lowest BCUT2D eigenvalue weighted by Crippen LogP contribution is -2.47. The van der Waals surface area contributed by atoms with Crippen LogP contribution in [0.3, 0.4) is 0 Å². The van der Waals surface area contributed by atoms with Crippen molar-refractivity contribution >= 4 is 37.6 Å². The van der Waals surface area contributed by atoms with Gasteiger partial charge in [-0.15, -0.1) is 11.3 Å². The Morgan fingerprint density at radius 1 is 1.16 bits per heavy atom. The summed E-state index contributed by atoms with van der Waals surface area (Å²) in [6.07, 6.45) is 2.57. The number of aliphatic hydroxyl groups excluding tert-OH is 1. The summed E-state index contributed by atoms with van der Waals surface area (Å²) in [4.78, 5) is 20.3. The maximum absolute atomic E-state index is 9.23. The lowest BCUT2D eigenvalue weighted by atomic mass is 9.87. The Morgan fingerprint density at radius 2 is 1.94 bits per heavy atom. The second-order valence-corrected chi connectivity index (χ2v) is 10.5. The van der Waals surface area contributed by atoms with Gasteiger partial charge in [-0.2, -0.15) is 0 Å². The normalized spacial score (nSPS) is 19.5. The number of aliphatic hydroxyl groups is 1. The van der Waals surface area contributed by atoms with Gasteiger partial charge in [-0.05, 0) is 25.3 Å². The molecule has 2 aliphatic rings. The zero-order valence-electron chi connectivity index (χ0n) is 18.8. The van der Waals surface area contributed by atoms with Crippen LogP contribution >= 0.6 is 11.3 Å². The Labute approximate surface area is 187 Å². The summed E-state index contributed by atoms with van der Waals surface area (Å²) in [5.41, 5.74) is 4.59. The summed E-state index contributed by atoms with van der Waals surface area (Å²) < 4.78 is 7.30. The minimum Gasteiger partial charge on any atom is -0.395 e. The fourth-order valence-electron chi connectivity index (χ4n) is 4.85. The van der Waals surface area contributed by atoms with E-state index in [0.29, 0.717) is 12.5 Å². The third-order valence-corrected chi connectivity index (χ3v) is 7.55. The number of hydrogen-bond acceptors (Lipinski definition) is 8. The van der Waals surface area contributed by atoms with Crippen LogP contribution in [-0.4, -0.2) is 69.9 Å². The molecule has 0 atom stereocenters. The highest BCUT2D eigenvalue weighted by Gasteiger charge is 2.32. The number of pyridine rings is 1. The van der Waals surface area contributed by atoms with Crippen LogP contribution in [0.15, 0.2) is 6.33 Å². The number of rotatable bonds is 4. The SMILES string of the molecule is CC(C)c1nc2sc3c(N4CCN(CCO)CC4)ncnc3c2c2c1COC(C)(C)C2. The molecule has 31 heavy (non-hydrogen) atoms. The zero-order valence-corrected chi connectivity index (χ0v) is 19.6. The second kappa shape index (κ2) is 7.92. The predicted molar refractivity (Wildman–Crippen MR) is 125 cm³/mol. The van der Waals surface area contributed by atoms with E-state index < -0.39 is 0 Å². The minimum atomic E-state index is -0.192. The van der Waals surface area contributed by atoms with Crippen molar-refractivity contribution in [3.05, 3.63) is 23.1 Å². The first-order valence-corrected chi connectivity index (χ1v) is 12.0. The lowest BCUT2D eigenvalue weighted by Gasteiger charge is -2.35. The van der Waals surface area contributed by atoms with Crippen molar-refractivity contribution in [3.8, 4) is 0 Å². The molecule has 1 N–H and O–H groups in total. The van der Waals surface area contributed by atoms with Gasteiger partial charge in [-0.3, -0.25) is 4.90 Å². The number of anilines is 1. The minimum absolute atomic E-state index is 0.192. The van der Waals surface area contributed by atoms with Crippen LogP contribution in [0, 0.1) is 0 Å². The molecule has 166 valence electrons. The highest BCUT2D eigenvalue weighted by molar-refractivity contribution is 7.26. The number of hydrogen-bond donors (Lipinski definition) is 1. The van der Waals surface area contributed by atoms with Crippen molar-refractivity contribution in [1.29, 1.82) is 0 Å². The fourth-order valence-corrected chi connectivity index (χ4v) is 6.03. The van der Waals surface area contributed by atoms with E-state index in [0.717, 1.165) is 65.7 Å². The molecular formula is C23H31N5O2S. The lowest BCUT2D eigenvalue weighted by molar-refractivity contribution is -0.0402. The van der Waals surface area contributed by atoms with Gasteiger partial charge < -0.3 is 14.7 Å². The van der Waals surface area contributed by atoms with E-state index in [2.05, 4.69) is 37.5 Å². The number of fused-ring (bicyclic) bond motifs is 5. The molecule has 1 saturated heterocycles. The topological polar surface area (TPSA) is 74.6 Å². The van der Waals surface area contributed by atoms with Gasteiger partial charge in [0.05, 0.1) is 34.7 Å². The molecule has 3 aromatic rings. The van der Waals surface area contributed by atoms with E-state index in [1.807, 2.05) is 0 Å². The predicted octanol–water partition coefficient (Wildman–Crippen LogP) is 3.33. The highest BCUT2D eigenvalue weighted by Crippen LogP contribution is 2.43. The zero-order chi connectivity index (χ0) is 21.8. The standard InChI is InChI=1S/C23H31N5O2S/c1-14(2)18-16-12-30-23(3,4)11-15(16)17-19-20(31-22(17)26-18)21(25-13-24-19)28-7-5-27(6-8-28)9-10-29/h13-14,29H,5-12H2,1-4H3. The molecule has 0 aliphatic carbocycles. The highest BCUT2D eigenvalue weighted by atomic mass is 32.1. The molecule has 1 fully saturated rings. The van der Waals surface area contributed by atoms with Crippen LogP contribution in [0.2, 0.25) is 0 Å². The Kier molecular flexibility index (Phi) is 5.37. The molecule has 7 nitrogen and oxygen atoms in total. The van der Waals surface area contributed by atoms with Crippen molar-refractivity contribution < 1.29 is 9.84 Å². The van der Waals surface area contributed by atoms with Gasteiger partial charge in [0.1, 0.15) is 17.0 Å². The van der Waals surface area contributed by atoms with Gasteiger partial charge in [-0.1, -0.05) is 13.8 Å². The van der Waals surface area contributed by atoms with Gasteiger partial charge in [0.15, 0.2) is 0 Å². The third kappa shape index (κ3) is 3.69. The first kappa shape index (κ1) is 21.0. The van der Waals surface area contributed by atoms with Crippen LogP contribution < -0.4 is 4.90 Å². The number of nitrogens with zero attached hydrogens (tertiary/aromatic N) is 5.